The lowest BCUT2D eigenvalue weighted by molar-refractivity contribution is -0.111. The molecule has 3 rings (SSSR count). The molecule has 0 aliphatic rings. The summed E-state index contributed by atoms with van der Waals surface area (Å²) < 4.78 is 14.8. The first-order valence-corrected chi connectivity index (χ1v) is 8.09. The topological polar surface area (TPSA) is 59.8 Å². The Bertz CT molecular complexity index is 896. The number of carbonyl (C=O) groups excluding carboxylic acids is 1. The number of amides is 1. The maximum Gasteiger partial charge on any atom is 0.249 e. The van der Waals surface area contributed by atoms with Crippen molar-refractivity contribution in [2.24, 2.45) is 7.05 Å². The number of benzene rings is 1. The van der Waals surface area contributed by atoms with E-state index in [4.69, 9.17) is 0 Å². The molecule has 0 saturated heterocycles. The van der Waals surface area contributed by atoms with E-state index in [0.29, 0.717) is 11.5 Å². The third kappa shape index (κ3) is 3.57. The molecule has 0 atom stereocenters. The summed E-state index contributed by atoms with van der Waals surface area (Å²) in [6, 6.07) is 5.97. The van der Waals surface area contributed by atoms with Crippen LogP contribution in [0, 0.1) is 12.7 Å². The van der Waals surface area contributed by atoms with E-state index >= 15 is 0 Å². The molecule has 3 aromatic rings. The van der Waals surface area contributed by atoms with Crippen LogP contribution < -0.4 is 5.32 Å². The lowest BCUT2D eigenvalue weighted by atomic mass is 10.1. The van der Waals surface area contributed by atoms with Gasteiger partial charge in [0.25, 0.3) is 0 Å². The number of nitrogens with one attached hydrogen (secondary N) is 1. The van der Waals surface area contributed by atoms with E-state index in [2.05, 4.69) is 15.3 Å². The number of anilines is 1. The quantitative estimate of drug-likeness (QED) is 0.736. The van der Waals surface area contributed by atoms with E-state index in [1.165, 1.54) is 29.5 Å². The summed E-state index contributed by atoms with van der Waals surface area (Å²) in [7, 11) is 1.78. The molecule has 0 spiro atoms. The van der Waals surface area contributed by atoms with Crippen LogP contribution in [0.4, 0.5) is 10.2 Å². The van der Waals surface area contributed by atoms with E-state index in [1.807, 2.05) is 12.3 Å². The standard InChI is InChI=1S/C17H15FN4OS/c1-11-20-14(9-24-11)7-8-15(23)21-17-16(19-10-22(17)2)12-3-5-13(18)6-4-12/h3-10H,1-2H3,(H,21,23). The Morgan fingerprint density at radius 1 is 1.33 bits per heavy atom. The van der Waals surface area contributed by atoms with Crippen molar-refractivity contribution in [2.75, 3.05) is 5.32 Å². The van der Waals surface area contributed by atoms with Gasteiger partial charge >= 0.3 is 0 Å². The Kier molecular flexibility index (Phi) is 4.52. The maximum absolute atomic E-state index is 13.1. The van der Waals surface area contributed by atoms with Crippen LogP contribution in [0.3, 0.4) is 0 Å². The van der Waals surface area contributed by atoms with Crippen LogP contribution in [0.2, 0.25) is 0 Å². The minimum Gasteiger partial charge on any atom is -0.320 e. The van der Waals surface area contributed by atoms with E-state index < -0.39 is 0 Å². The number of hydrogen-bond donors (Lipinski definition) is 1. The van der Waals surface area contributed by atoms with Gasteiger partial charge < -0.3 is 9.88 Å². The predicted octanol–water partition coefficient (Wildman–Crippen LogP) is 3.64. The van der Waals surface area contributed by atoms with Gasteiger partial charge in [0.2, 0.25) is 5.91 Å². The molecule has 1 amide bonds. The number of rotatable bonds is 4. The molecule has 0 unspecified atom stereocenters. The zero-order valence-corrected chi connectivity index (χ0v) is 14.0. The molecule has 0 aliphatic heterocycles. The highest BCUT2D eigenvalue weighted by atomic mass is 32.1. The number of nitrogens with zero attached hydrogens (tertiary/aromatic N) is 3. The molecule has 2 heterocycles. The van der Waals surface area contributed by atoms with Gasteiger partial charge in [0.05, 0.1) is 17.0 Å². The Morgan fingerprint density at radius 3 is 2.75 bits per heavy atom. The van der Waals surface area contributed by atoms with Gasteiger partial charge in [0, 0.05) is 24.1 Å². The fraction of sp³-hybridized carbons (Fsp3) is 0.118. The third-order valence-corrected chi connectivity index (χ3v) is 4.13. The molecule has 24 heavy (non-hydrogen) atoms. The molecular formula is C17H15FN4OS. The zero-order valence-electron chi connectivity index (χ0n) is 13.2. The van der Waals surface area contributed by atoms with Crippen molar-refractivity contribution in [3.63, 3.8) is 0 Å². The van der Waals surface area contributed by atoms with Gasteiger partial charge in [-0.25, -0.2) is 14.4 Å². The van der Waals surface area contributed by atoms with Gasteiger partial charge in [-0.05, 0) is 37.3 Å². The van der Waals surface area contributed by atoms with E-state index in [1.54, 1.807) is 36.2 Å². The lowest BCUT2D eigenvalue weighted by Crippen LogP contribution is -2.11. The number of imidazole rings is 1. The average molecular weight is 342 g/mol. The van der Waals surface area contributed by atoms with Crippen LogP contribution in [0.25, 0.3) is 17.3 Å². The van der Waals surface area contributed by atoms with Crippen molar-refractivity contribution in [1.82, 2.24) is 14.5 Å². The number of aryl methyl sites for hydroxylation is 2. The second-order valence-electron chi connectivity index (χ2n) is 5.17. The van der Waals surface area contributed by atoms with Gasteiger partial charge in [0.15, 0.2) is 0 Å². The van der Waals surface area contributed by atoms with Gasteiger partial charge in [0.1, 0.15) is 17.3 Å². The highest BCUT2D eigenvalue weighted by molar-refractivity contribution is 7.09. The molecule has 0 radical (unpaired) electrons. The Balaban J connectivity index is 1.80. The summed E-state index contributed by atoms with van der Waals surface area (Å²) in [5.74, 6) is -0.0555. The predicted molar refractivity (Wildman–Crippen MR) is 93.1 cm³/mol. The van der Waals surface area contributed by atoms with E-state index in [0.717, 1.165) is 16.3 Å². The molecule has 1 N–H and O–H groups in total. The first kappa shape index (κ1) is 16.1. The SMILES string of the molecule is Cc1nc(C=CC(=O)Nc2c(-c3ccc(F)cc3)ncn2C)cs1. The second kappa shape index (κ2) is 6.76. The maximum atomic E-state index is 13.1. The van der Waals surface area contributed by atoms with Crippen LogP contribution in [-0.4, -0.2) is 20.4 Å². The molecule has 2 aromatic heterocycles. The first-order valence-electron chi connectivity index (χ1n) is 7.21. The van der Waals surface area contributed by atoms with Crippen LogP contribution >= 0.6 is 11.3 Å². The highest BCUT2D eigenvalue weighted by Gasteiger charge is 2.13. The van der Waals surface area contributed by atoms with Crippen molar-refractivity contribution >= 4 is 29.1 Å². The molecular weight excluding hydrogens is 327 g/mol. The number of aromatic nitrogens is 3. The summed E-state index contributed by atoms with van der Waals surface area (Å²) in [5, 5.41) is 5.63. The minimum atomic E-state index is -0.318. The molecule has 0 saturated carbocycles. The van der Waals surface area contributed by atoms with Crippen molar-refractivity contribution in [2.45, 2.75) is 6.92 Å². The summed E-state index contributed by atoms with van der Waals surface area (Å²) in [6.07, 6.45) is 4.69. The van der Waals surface area contributed by atoms with Gasteiger partial charge in [-0.15, -0.1) is 11.3 Å². The van der Waals surface area contributed by atoms with E-state index in [-0.39, 0.29) is 11.7 Å². The van der Waals surface area contributed by atoms with Crippen LogP contribution in [0.15, 0.2) is 42.0 Å². The summed E-state index contributed by atoms with van der Waals surface area (Å²) in [6.45, 7) is 1.91. The molecule has 5 nitrogen and oxygen atoms in total. The minimum absolute atomic E-state index is 0.285. The number of carbonyl (C=O) groups is 1. The molecule has 122 valence electrons. The van der Waals surface area contributed by atoms with Crippen LogP contribution in [0.1, 0.15) is 10.7 Å². The Labute approximate surface area is 142 Å². The third-order valence-electron chi connectivity index (χ3n) is 3.34. The van der Waals surface area contributed by atoms with Gasteiger partial charge in [-0.1, -0.05) is 0 Å². The number of halogens is 1. The summed E-state index contributed by atoms with van der Waals surface area (Å²) in [5.41, 5.74) is 2.06. The number of thiazole rings is 1. The first-order chi connectivity index (χ1) is 11.5. The Hall–Kier alpha value is -2.80. The summed E-state index contributed by atoms with van der Waals surface area (Å²) >= 11 is 1.53. The zero-order chi connectivity index (χ0) is 17.1. The van der Waals surface area contributed by atoms with Crippen LogP contribution in [-0.2, 0) is 11.8 Å². The number of hydrogen-bond acceptors (Lipinski definition) is 4. The normalized spacial score (nSPS) is 11.1. The lowest BCUT2D eigenvalue weighted by Gasteiger charge is -2.06. The molecule has 0 fully saturated rings. The van der Waals surface area contributed by atoms with E-state index in [9.17, 15) is 9.18 Å². The monoisotopic (exact) mass is 342 g/mol. The molecule has 0 bridgehead atoms. The fourth-order valence-electron chi connectivity index (χ4n) is 2.17. The molecule has 0 aliphatic carbocycles. The van der Waals surface area contributed by atoms with Crippen molar-refractivity contribution < 1.29 is 9.18 Å². The van der Waals surface area contributed by atoms with Crippen molar-refractivity contribution in [3.05, 3.63) is 58.6 Å². The fourth-order valence-corrected chi connectivity index (χ4v) is 2.75. The van der Waals surface area contributed by atoms with Crippen LogP contribution in [0.5, 0.6) is 0 Å². The molecule has 1 aromatic carbocycles. The van der Waals surface area contributed by atoms with Crippen molar-refractivity contribution in [3.8, 4) is 11.3 Å². The highest BCUT2D eigenvalue weighted by Crippen LogP contribution is 2.26. The summed E-state index contributed by atoms with van der Waals surface area (Å²) in [4.78, 5) is 20.7. The smallest absolute Gasteiger partial charge is 0.249 e. The largest absolute Gasteiger partial charge is 0.320 e. The van der Waals surface area contributed by atoms with Gasteiger partial charge in [-0.2, -0.15) is 0 Å². The average Bonchev–Trinajstić information content (AvgIpc) is 3.13. The molecule has 7 heteroatoms. The Morgan fingerprint density at radius 2 is 2.08 bits per heavy atom. The van der Waals surface area contributed by atoms with Gasteiger partial charge in [-0.3, -0.25) is 4.79 Å². The van der Waals surface area contributed by atoms with Crippen molar-refractivity contribution in [1.29, 1.82) is 0 Å². The second-order valence-corrected chi connectivity index (χ2v) is 6.24.